The van der Waals surface area contributed by atoms with E-state index in [4.69, 9.17) is 4.74 Å². The third-order valence-corrected chi connectivity index (χ3v) is 7.02. The molecule has 1 saturated heterocycles. The summed E-state index contributed by atoms with van der Waals surface area (Å²) in [6.07, 6.45) is 4.55. The lowest BCUT2D eigenvalue weighted by atomic mass is 9.81. The molecule has 2 aliphatic rings. The monoisotopic (exact) mass is 474 g/mol. The van der Waals surface area contributed by atoms with E-state index < -0.39 is 23.9 Å². The smallest absolute Gasteiger partial charge is 0.228 e. The van der Waals surface area contributed by atoms with Crippen LogP contribution < -0.4 is 0 Å². The van der Waals surface area contributed by atoms with Crippen LogP contribution in [0.5, 0.6) is 0 Å². The number of halogens is 2. The highest BCUT2D eigenvalue weighted by molar-refractivity contribution is 7.14. The maximum atomic E-state index is 13.7. The zero-order chi connectivity index (χ0) is 23.5. The molecule has 176 valence electrons. The molecule has 0 spiro atoms. The largest absolute Gasteiger partial charge is 0.490 e. The molecular weight excluding hydrogens is 446 g/mol. The second-order valence-corrected chi connectivity index (χ2v) is 9.49. The Balaban J connectivity index is 1.36. The number of thiophene rings is 1. The van der Waals surface area contributed by atoms with Gasteiger partial charge in [0, 0.05) is 18.2 Å². The van der Waals surface area contributed by atoms with Crippen molar-refractivity contribution in [3.8, 4) is 0 Å². The van der Waals surface area contributed by atoms with Gasteiger partial charge in [-0.15, -0.1) is 11.3 Å². The van der Waals surface area contributed by atoms with Gasteiger partial charge in [0.1, 0.15) is 34.7 Å². The summed E-state index contributed by atoms with van der Waals surface area (Å²) in [5.41, 5.74) is 1.22. The number of amides is 1. The van der Waals surface area contributed by atoms with Crippen LogP contribution in [-0.4, -0.2) is 34.5 Å². The van der Waals surface area contributed by atoms with Crippen LogP contribution in [0.3, 0.4) is 0 Å². The zero-order valence-electron chi connectivity index (χ0n) is 18.5. The van der Waals surface area contributed by atoms with Crippen molar-refractivity contribution in [1.82, 2.24) is 4.90 Å². The van der Waals surface area contributed by atoms with Crippen LogP contribution in [-0.2, 0) is 9.53 Å². The number of aliphatic hydroxyl groups excluding tert-OH is 1. The molecule has 1 saturated carbocycles. The average molecular weight is 475 g/mol. The lowest BCUT2D eigenvalue weighted by molar-refractivity contribution is -0.152. The van der Waals surface area contributed by atoms with E-state index >= 15 is 0 Å². The Morgan fingerprint density at radius 2 is 2.03 bits per heavy atom. The highest BCUT2D eigenvalue weighted by atomic mass is 32.1. The Hall–Kier alpha value is -2.58. The molecule has 2 atom stereocenters. The number of carbonyl (C=O) groups is 1. The number of hydrogen-bond acceptors (Lipinski definition) is 5. The lowest BCUT2D eigenvalue weighted by Gasteiger charge is -2.39. The second-order valence-electron chi connectivity index (χ2n) is 8.59. The number of aliphatic hydroxyl groups is 1. The van der Waals surface area contributed by atoms with Crippen molar-refractivity contribution in [3.05, 3.63) is 59.0 Å². The summed E-state index contributed by atoms with van der Waals surface area (Å²) in [6, 6.07) is 4.64. The minimum absolute atomic E-state index is 0.149. The number of aliphatic imine (C=N–C) groups is 1. The Bertz CT molecular complexity index is 1030. The Labute approximate surface area is 196 Å². The zero-order valence-corrected chi connectivity index (χ0v) is 19.4. The molecule has 33 heavy (non-hydrogen) atoms. The first-order valence-corrected chi connectivity index (χ1v) is 12.2. The van der Waals surface area contributed by atoms with E-state index in [1.165, 1.54) is 28.4 Å². The first kappa shape index (κ1) is 23.6. The molecule has 0 bridgehead atoms. The molecule has 0 radical (unpaired) electrons. The predicted molar refractivity (Wildman–Crippen MR) is 125 cm³/mol. The number of hydrogen-bond donors (Lipinski definition) is 1. The molecule has 1 amide bonds. The van der Waals surface area contributed by atoms with Crippen molar-refractivity contribution in [2.75, 3.05) is 0 Å². The van der Waals surface area contributed by atoms with Gasteiger partial charge in [0.15, 0.2) is 0 Å². The minimum atomic E-state index is -0.960. The van der Waals surface area contributed by atoms with Gasteiger partial charge in [-0.05, 0) is 61.2 Å². The highest BCUT2D eigenvalue weighted by Gasteiger charge is 2.45. The molecular formula is C25H28F2N2O3S. The normalized spacial score (nSPS) is 24.8. The number of likely N-dealkylation sites (tertiary alicyclic amines) is 1. The predicted octanol–water partition coefficient (Wildman–Crippen LogP) is 5.98. The molecule has 2 aromatic rings. The van der Waals surface area contributed by atoms with Crippen molar-refractivity contribution < 1.29 is 23.4 Å². The maximum absolute atomic E-state index is 13.7. The molecule has 8 heteroatoms. The minimum Gasteiger partial charge on any atom is -0.490 e. The van der Waals surface area contributed by atoms with Crippen LogP contribution in [0.25, 0.3) is 5.76 Å². The van der Waals surface area contributed by atoms with Crippen LogP contribution in [0.4, 0.5) is 13.8 Å². The molecule has 4 rings (SSSR count). The van der Waals surface area contributed by atoms with E-state index in [9.17, 15) is 18.7 Å². The van der Waals surface area contributed by atoms with Crippen molar-refractivity contribution in [2.45, 2.75) is 63.8 Å². The number of unbranched alkanes of at least 4 members (excludes halogenated alkanes) is 1. The summed E-state index contributed by atoms with van der Waals surface area (Å²) < 4.78 is 33.4. The Kier molecular flexibility index (Phi) is 7.24. The summed E-state index contributed by atoms with van der Waals surface area (Å²) in [5.74, 6) is -1.37. The standard InChI is InChI=1S/C25H28F2N2O3S/c1-3-4-8-28-24-21(7-9-33-24)15(2)32-20-12-17(13-20)25(31)29-22(5-6-23(29)30)16-10-18(26)14-19(27)11-16/h7-11,14,17,20,22-23,30H,2-6,12-13H2,1H3/b28-8-. The van der Waals surface area contributed by atoms with Gasteiger partial charge in [-0.1, -0.05) is 19.9 Å². The molecule has 1 aromatic carbocycles. The van der Waals surface area contributed by atoms with Crippen LogP contribution >= 0.6 is 11.3 Å². The molecule has 2 heterocycles. The Morgan fingerprint density at radius 1 is 1.30 bits per heavy atom. The van der Waals surface area contributed by atoms with E-state index in [-0.39, 0.29) is 17.9 Å². The third-order valence-electron chi connectivity index (χ3n) is 6.20. The van der Waals surface area contributed by atoms with Crippen molar-refractivity contribution >= 4 is 34.2 Å². The highest BCUT2D eigenvalue weighted by Crippen LogP contribution is 2.42. The van der Waals surface area contributed by atoms with E-state index in [1.54, 1.807) is 0 Å². The molecule has 2 unspecified atom stereocenters. The van der Waals surface area contributed by atoms with Gasteiger partial charge in [0.05, 0.1) is 11.6 Å². The molecule has 5 nitrogen and oxygen atoms in total. The molecule has 1 aliphatic heterocycles. The fourth-order valence-corrected chi connectivity index (χ4v) is 5.19. The maximum Gasteiger partial charge on any atom is 0.228 e. The van der Waals surface area contributed by atoms with Crippen LogP contribution in [0, 0.1) is 17.6 Å². The van der Waals surface area contributed by atoms with E-state index in [1.807, 2.05) is 17.7 Å². The molecule has 1 N–H and O–H groups in total. The quantitative estimate of drug-likeness (QED) is 0.378. The van der Waals surface area contributed by atoms with Crippen LogP contribution in [0.1, 0.15) is 62.6 Å². The SMILES string of the molecule is C=C(OC1CC(C(=O)N2C(O)CCC2c2cc(F)cc(F)c2)C1)c1ccsc1/N=C\CCC. The molecule has 1 aromatic heterocycles. The second kappa shape index (κ2) is 10.1. The summed E-state index contributed by atoms with van der Waals surface area (Å²) in [4.78, 5) is 19.0. The number of carbonyl (C=O) groups excluding carboxylic acids is 1. The fraction of sp³-hybridized carbons (Fsp3) is 0.440. The van der Waals surface area contributed by atoms with Gasteiger partial charge in [-0.2, -0.15) is 0 Å². The van der Waals surface area contributed by atoms with Gasteiger partial charge >= 0.3 is 0 Å². The van der Waals surface area contributed by atoms with E-state index in [0.29, 0.717) is 37.0 Å². The van der Waals surface area contributed by atoms with E-state index in [0.717, 1.165) is 29.5 Å². The summed E-state index contributed by atoms with van der Waals surface area (Å²) in [5, 5.41) is 13.2. The van der Waals surface area contributed by atoms with Crippen molar-refractivity contribution in [3.63, 3.8) is 0 Å². The van der Waals surface area contributed by atoms with E-state index in [2.05, 4.69) is 18.5 Å². The lowest BCUT2D eigenvalue weighted by Crippen LogP contribution is -2.47. The summed E-state index contributed by atoms with van der Waals surface area (Å²) in [6.45, 7) is 6.13. The number of rotatable bonds is 8. The van der Waals surface area contributed by atoms with Crippen LogP contribution in [0.15, 0.2) is 41.2 Å². The fourth-order valence-electron chi connectivity index (χ4n) is 4.42. The van der Waals surface area contributed by atoms with Crippen molar-refractivity contribution in [1.29, 1.82) is 0 Å². The average Bonchev–Trinajstić information content (AvgIpc) is 3.36. The topological polar surface area (TPSA) is 62.1 Å². The van der Waals surface area contributed by atoms with Gasteiger partial charge in [-0.3, -0.25) is 4.79 Å². The first-order valence-electron chi connectivity index (χ1n) is 11.3. The first-order chi connectivity index (χ1) is 15.9. The van der Waals surface area contributed by atoms with Gasteiger partial charge in [0.2, 0.25) is 5.91 Å². The van der Waals surface area contributed by atoms with Gasteiger partial charge in [0.25, 0.3) is 0 Å². The van der Waals surface area contributed by atoms with Gasteiger partial charge < -0.3 is 14.7 Å². The summed E-state index contributed by atoms with van der Waals surface area (Å²) >= 11 is 1.52. The van der Waals surface area contributed by atoms with Crippen LogP contribution in [0.2, 0.25) is 0 Å². The summed E-state index contributed by atoms with van der Waals surface area (Å²) in [7, 11) is 0. The van der Waals surface area contributed by atoms with Gasteiger partial charge in [-0.25, -0.2) is 13.8 Å². The molecule has 2 fully saturated rings. The molecule has 1 aliphatic carbocycles. The number of ether oxygens (including phenoxy) is 1. The number of benzene rings is 1. The Morgan fingerprint density at radius 3 is 2.73 bits per heavy atom. The van der Waals surface area contributed by atoms with Crippen molar-refractivity contribution in [2.24, 2.45) is 10.9 Å². The number of nitrogens with zero attached hydrogens (tertiary/aromatic N) is 2. The third kappa shape index (κ3) is 5.17.